The molecule has 5 heteroatoms. The molecule has 0 N–H and O–H groups in total. The Balaban J connectivity index is 2.23. The lowest BCUT2D eigenvalue weighted by Gasteiger charge is -2.13. The summed E-state index contributed by atoms with van der Waals surface area (Å²) in [5.74, 6) is -1.16. The van der Waals surface area contributed by atoms with Gasteiger partial charge in [0.1, 0.15) is 11.6 Å². The molecular formula is C14H9Br2ClF2. The fourth-order valence-corrected chi connectivity index (χ4v) is 3.56. The Morgan fingerprint density at radius 1 is 1.05 bits per heavy atom. The number of benzene rings is 2. The van der Waals surface area contributed by atoms with Crippen molar-refractivity contribution in [2.75, 3.05) is 0 Å². The van der Waals surface area contributed by atoms with Crippen LogP contribution in [0, 0.1) is 11.6 Å². The molecular weight excluding hydrogens is 401 g/mol. The second kappa shape index (κ2) is 6.33. The molecule has 0 bridgehead atoms. The van der Waals surface area contributed by atoms with E-state index >= 15 is 0 Å². The van der Waals surface area contributed by atoms with E-state index in [1.54, 1.807) is 0 Å². The van der Waals surface area contributed by atoms with Crippen LogP contribution in [0.2, 0.25) is 0 Å². The van der Waals surface area contributed by atoms with Gasteiger partial charge in [-0.1, -0.05) is 44.0 Å². The molecule has 0 aliphatic heterocycles. The van der Waals surface area contributed by atoms with Crippen LogP contribution >= 0.6 is 43.5 Å². The maximum atomic E-state index is 13.6. The lowest BCUT2D eigenvalue weighted by Crippen LogP contribution is -2.00. The molecule has 0 amide bonds. The Morgan fingerprint density at radius 3 is 2.42 bits per heavy atom. The van der Waals surface area contributed by atoms with Gasteiger partial charge in [0.05, 0.1) is 5.38 Å². The summed E-state index contributed by atoms with van der Waals surface area (Å²) in [6.45, 7) is 0. The highest BCUT2D eigenvalue weighted by Crippen LogP contribution is 2.33. The molecule has 0 saturated carbocycles. The third-order valence-electron chi connectivity index (χ3n) is 2.71. The number of hydrogen-bond donors (Lipinski definition) is 0. The fraction of sp³-hybridized carbons (Fsp3) is 0.143. The van der Waals surface area contributed by atoms with Crippen molar-refractivity contribution in [2.45, 2.75) is 11.8 Å². The van der Waals surface area contributed by atoms with Gasteiger partial charge in [-0.05, 0) is 35.7 Å². The van der Waals surface area contributed by atoms with E-state index in [-0.39, 0.29) is 5.38 Å². The average molecular weight is 410 g/mol. The third kappa shape index (κ3) is 3.77. The Labute approximate surface area is 132 Å². The van der Waals surface area contributed by atoms with Crippen molar-refractivity contribution in [2.24, 2.45) is 0 Å². The van der Waals surface area contributed by atoms with Gasteiger partial charge in [0.15, 0.2) is 0 Å². The van der Waals surface area contributed by atoms with Gasteiger partial charge < -0.3 is 0 Å². The van der Waals surface area contributed by atoms with Crippen LogP contribution in [0.4, 0.5) is 8.78 Å². The fourth-order valence-electron chi connectivity index (χ4n) is 1.75. The summed E-state index contributed by atoms with van der Waals surface area (Å²) in [5.41, 5.74) is 1.27. The zero-order valence-electron chi connectivity index (χ0n) is 9.64. The topological polar surface area (TPSA) is 0 Å². The lowest BCUT2D eigenvalue weighted by molar-refractivity contribution is 0.570. The number of alkyl halides is 1. The Kier molecular flexibility index (Phi) is 4.98. The van der Waals surface area contributed by atoms with Crippen molar-refractivity contribution in [3.8, 4) is 0 Å². The van der Waals surface area contributed by atoms with Crippen LogP contribution in [0.5, 0.6) is 0 Å². The van der Waals surface area contributed by atoms with Crippen LogP contribution in [-0.2, 0) is 6.42 Å². The standard InChI is InChI=1S/C14H9Br2ClF2/c15-9-2-4-11(12(16)6-9)13(17)5-8-1-3-10(18)7-14(8)19/h1-4,6-7,13H,5H2. The molecule has 0 aliphatic carbocycles. The zero-order valence-corrected chi connectivity index (χ0v) is 13.6. The highest BCUT2D eigenvalue weighted by Gasteiger charge is 2.15. The monoisotopic (exact) mass is 408 g/mol. The van der Waals surface area contributed by atoms with E-state index in [2.05, 4.69) is 31.9 Å². The van der Waals surface area contributed by atoms with E-state index in [0.29, 0.717) is 12.0 Å². The number of hydrogen-bond acceptors (Lipinski definition) is 0. The zero-order chi connectivity index (χ0) is 14.0. The van der Waals surface area contributed by atoms with Crippen molar-refractivity contribution >= 4 is 43.5 Å². The van der Waals surface area contributed by atoms with Crippen LogP contribution in [0.1, 0.15) is 16.5 Å². The van der Waals surface area contributed by atoms with Gasteiger partial charge in [-0.2, -0.15) is 0 Å². The van der Waals surface area contributed by atoms with Crippen LogP contribution in [-0.4, -0.2) is 0 Å². The second-order valence-corrected chi connectivity index (χ2v) is 6.37. The molecule has 1 unspecified atom stereocenters. The number of rotatable bonds is 3. The molecule has 0 radical (unpaired) electrons. The van der Waals surface area contributed by atoms with Crippen molar-refractivity contribution in [3.05, 3.63) is 68.1 Å². The molecule has 2 aromatic rings. The van der Waals surface area contributed by atoms with Gasteiger partial charge in [0.2, 0.25) is 0 Å². The summed E-state index contributed by atoms with van der Waals surface area (Å²) in [7, 11) is 0. The van der Waals surface area contributed by atoms with E-state index in [0.717, 1.165) is 20.6 Å². The van der Waals surface area contributed by atoms with Crippen molar-refractivity contribution in [1.82, 2.24) is 0 Å². The van der Waals surface area contributed by atoms with Crippen LogP contribution in [0.25, 0.3) is 0 Å². The predicted molar refractivity (Wildman–Crippen MR) is 80.5 cm³/mol. The molecule has 1 atom stereocenters. The van der Waals surface area contributed by atoms with E-state index in [1.807, 2.05) is 18.2 Å². The molecule has 0 nitrogen and oxygen atoms in total. The van der Waals surface area contributed by atoms with E-state index < -0.39 is 11.6 Å². The molecule has 19 heavy (non-hydrogen) atoms. The summed E-state index contributed by atoms with van der Waals surface area (Å²) in [5, 5.41) is -0.387. The maximum absolute atomic E-state index is 13.6. The van der Waals surface area contributed by atoms with Crippen molar-refractivity contribution < 1.29 is 8.78 Å². The SMILES string of the molecule is Fc1ccc(CC(Cl)c2ccc(Br)cc2Br)c(F)c1. The molecule has 0 saturated heterocycles. The van der Waals surface area contributed by atoms with Crippen LogP contribution in [0.3, 0.4) is 0 Å². The van der Waals surface area contributed by atoms with Crippen molar-refractivity contribution in [3.63, 3.8) is 0 Å². The predicted octanol–water partition coefficient (Wildman–Crippen LogP) is 6.01. The van der Waals surface area contributed by atoms with E-state index in [9.17, 15) is 8.78 Å². The van der Waals surface area contributed by atoms with Gasteiger partial charge in [0.25, 0.3) is 0 Å². The Morgan fingerprint density at radius 2 is 1.79 bits per heavy atom. The van der Waals surface area contributed by atoms with Gasteiger partial charge in [-0.25, -0.2) is 8.78 Å². The molecule has 0 fully saturated rings. The van der Waals surface area contributed by atoms with Crippen molar-refractivity contribution in [1.29, 1.82) is 0 Å². The molecule has 0 heterocycles. The minimum Gasteiger partial charge on any atom is -0.207 e. The van der Waals surface area contributed by atoms with Crippen LogP contribution in [0.15, 0.2) is 45.3 Å². The Hall–Kier alpha value is -0.450. The van der Waals surface area contributed by atoms with Gasteiger partial charge >= 0.3 is 0 Å². The average Bonchev–Trinajstić information content (AvgIpc) is 2.32. The second-order valence-electron chi connectivity index (χ2n) is 4.07. The minimum atomic E-state index is -0.586. The largest absolute Gasteiger partial charge is 0.207 e. The van der Waals surface area contributed by atoms with E-state index in [4.69, 9.17) is 11.6 Å². The third-order valence-corrected chi connectivity index (χ3v) is 4.28. The highest BCUT2D eigenvalue weighted by molar-refractivity contribution is 9.11. The first-order chi connectivity index (χ1) is 8.97. The summed E-state index contributed by atoms with van der Waals surface area (Å²) >= 11 is 13.1. The van der Waals surface area contributed by atoms with Gasteiger partial charge in [0, 0.05) is 15.0 Å². The highest BCUT2D eigenvalue weighted by atomic mass is 79.9. The van der Waals surface area contributed by atoms with E-state index in [1.165, 1.54) is 12.1 Å². The van der Waals surface area contributed by atoms with Crippen LogP contribution < -0.4 is 0 Å². The normalized spacial score (nSPS) is 12.5. The summed E-state index contributed by atoms with van der Waals surface area (Å²) < 4.78 is 28.2. The summed E-state index contributed by atoms with van der Waals surface area (Å²) in [6, 6.07) is 9.15. The lowest BCUT2D eigenvalue weighted by atomic mass is 10.0. The summed E-state index contributed by atoms with van der Waals surface area (Å²) in [4.78, 5) is 0. The smallest absolute Gasteiger partial charge is 0.129 e. The molecule has 2 rings (SSSR count). The Bertz CT molecular complexity index is 602. The molecule has 0 aromatic heterocycles. The molecule has 0 spiro atoms. The first-order valence-electron chi connectivity index (χ1n) is 5.50. The van der Waals surface area contributed by atoms with Gasteiger partial charge in [-0.3, -0.25) is 0 Å². The maximum Gasteiger partial charge on any atom is 0.129 e. The summed E-state index contributed by atoms with van der Waals surface area (Å²) in [6.07, 6.45) is 0.300. The first-order valence-corrected chi connectivity index (χ1v) is 7.52. The molecule has 100 valence electrons. The molecule has 2 aromatic carbocycles. The number of halogens is 5. The minimum absolute atomic E-state index is 0.300. The quantitative estimate of drug-likeness (QED) is 0.544. The molecule has 0 aliphatic rings. The van der Waals surface area contributed by atoms with Gasteiger partial charge in [-0.15, -0.1) is 11.6 Å². The first kappa shape index (κ1) is 14.9.